The molecule has 0 bridgehead atoms. The van der Waals surface area contributed by atoms with Gasteiger partial charge in [-0.25, -0.2) is 0 Å². The molecular weight excluding hydrogens is 340 g/mol. The van der Waals surface area contributed by atoms with Crippen molar-refractivity contribution in [3.63, 3.8) is 0 Å². The molecule has 2 aromatic rings. The summed E-state index contributed by atoms with van der Waals surface area (Å²) in [7, 11) is 1.54. The summed E-state index contributed by atoms with van der Waals surface area (Å²) in [5, 5.41) is 2.76. The van der Waals surface area contributed by atoms with Gasteiger partial charge in [-0.15, -0.1) is 0 Å². The molecule has 0 fully saturated rings. The third kappa shape index (κ3) is 5.05. The zero-order valence-electron chi connectivity index (χ0n) is 14.9. The van der Waals surface area contributed by atoms with E-state index in [1.165, 1.54) is 12.1 Å². The van der Waals surface area contributed by atoms with Gasteiger partial charge < -0.3 is 14.8 Å². The van der Waals surface area contributed by atoms with Crippen molar-refractivity contribution >= 4 is 11.6 Å². The molecule has 1 amide bonds. The van der Waals surface area contributed by atoms with E-state index in [0.29, 0.717) is 28.1 Å². The number of carbonyl (C=O) groups is 1. The standard InChI is InChI=1S/C20H21F2NO3/c1-4-5-13(2)19(24)23-15-8-11-18(26-20(21)22)17(12-15)14-6-9-16(25-3)10-7-14/h5-12,20H,4H2,1-3H3,(H,23,24)/b13-5-. The minimum atomic E-state index is -2.94. The number of amides is 1. The molecule has 6 heteroatoms. The second-order valence-corrected chi connectivity index (χ2v) is 5.57. The fourth-order valence-electron chi connectivity index (χ4n) is 2.43. The number of rotatable bonds is 7. The number of anilines is 1. The number of ether oxygens (including phenoxy) is 2. The largest absolute Gasteiger partial charge is 0.497 e. The Kier molecular flexibility index (Phi) is 6.72. The van der Waals surface area contributed by atoms with Crippen LogP contribution in [0.15, 0.2) is 54.1 Å². The molecule has 0 unspecified atom stereocenters. The Labute approximate surface area is 151 Å². The number of carbonyl (C=O) groups excluding carboxylic acids is 1. The molecule has 0 aromatic heterocycles. The van der Waals surface area contributed by atoms with Crippen molar-refractivity contribution in [2.45, 2.75) is 26.9 Å². The van der Waals surface area contributed by atoms with E-state index in [4.69, 9.17) is 4.74 Å². The van der Waals surface area contributed by atoms with Crippen molar-refractivity contribution in [3.05, 3.63) is 54.1 Å². The summed E-state index contributed by atoms with van der Waals surface area (Å²) < 4.78 is 35.2. The van der Waals surface area contributed by atoms with E-state index >= 15 is 0 Å². The molecule has 2 rings (SSSR count). The van der Waals surface area contributed by atoms with E-state index in [1.807, 2.05) is 13.0 Å². The van der Waals surface area contributed by atoms with Crippen molar-refractivity contribution in [3.8, 4) is 22.6 Å². The second kappa shape index (κ2) is 8.99. The Hall–Kier alpha value is -2.89. The van der Waals surface area contributed by atoms with Gasteiger partial charge in [0, 0.05) is 16.8 Å². The average Bonchev–Trinajstić information content (AvgIpc) is 2.63. The third-order valence-corrected chi connectivity index (χ3v) is 3.72. The van der Waals surface area contributed by atoms with Crippen LogP contribution >= 0.6 is 0 Å². The van der Waals surface area contributed by atoms with E-state index < -0.39 is 6.61 Å². The van der Waals surface area contributed by atoms with Crippen LogP contribution in [-0.2, 0) is 4.79 Å². The molecule has 138 valence electrons. The summed E-state index contributed by atoms with van der Waals surface area (Å²) in [4.78, 5) is 12.1. The highest BCUT2D eigenvalue weighted by atomic mass is 19.3. The normalized spacial score (nSPS) is 11.4. The van der Waals surface area contributed by atoms with E-state index in [-0.39, 0.29) is 11.7 Å². The number of halogens is 2. The molecule has 1 N–H and O–H groups in total. The molecule has 0 saturated carbocycles. The Balaban J connectivity index is 2.38. The number of hydrogen-bond donors (Lipinski definition) is 1. The molecule has 2 aromatic carbocycles. The summed E-state index contributed by atoms with van der Waals surface area (Å²) in [5.74, 6) is 0.439. The third-order valence-electron chi connectivity index (χ3n) is 3.72. The molecule has 0 aliphatic rings. The van der Waals surface area contributed by atoms with Crippen LogP contribution in [0, 0.1) is 0 Å². The van der Waals surface area contributed by atoms with Gasteiger partial charge in [-0.3, -0.25) is 4.79 Å². The number of hydrogen-bond acceptors (Lipinski definition) is 3. The molecule has 0 aliphatic carbocycles. The summed E-state index contributed by atoms with van der Waals surface area (Å²) in [6.45, 7) is 0.717. The predicted molar refractivity (Wildman–Crippen MR) is 97.7 cm³/mol. The van der Waals surface area contributed by atoms with Crippen molar-refractivity contribution < 1.29 is 23.0 Å². The Morgan fingerprint density at radius 3 is 2.46 bits per heavy atom. The van der Waals surface area contributed by atoms with Crippen LogP contribution in [0.4, 0.5) is 14.5 Å². The molecular formula is C20H21F2NO3. The highest BCUT2D eigenvalue weighted by Crippen LogP contribution is 2.34. The zero-order valence-corrected chi connectivity index (χ0v) is 14.9. The van der Waals surface area contributed by atoms with Crippen LogP contribution in [0.2, 0.25) is 0 Å². The van der Waals surface area contributed by atoms with E-state index in [9.17, 15) is 13.6 Å². The quantitative estimate of drug-likeness (QED) is 0.685. The SMILES string of the molecule is CC/C=C(/C)C(=O)Nc1ccc(OC(F)F)c(-c2ccc(OC)cc2)c1. The first kappa shape index (κ1) is 19.4. The van der Waals surface area contributed by atoms with Crippen LogP contribution < -0.4 is 14.8 Å². The minimum absolute atomic E-state index is 0.0315. The van der Waals surface area contributed by atoms with Crippen molar-refractivity contribution in [1.82, 2.24) is 0 Å². The smallest absolute Gasteiger partial charge is 0.387 e. The molecule has 0 atom stereocenters. The van der Waals surface area contributed by atoms with Crippen molar-refractivity contribution in [1.29, 1.82) is 0 Å². The molecule has 0 aliphatic heterocycles. The maximum atomic E-state index is 12.7. The molecule has 4 nitrogen and oxygen atoms in total. The van der Waals surface area contributed by atoms with E-state index in [2.05, 4.69) is 10.1 Å². The second-order valence-electron chi connectivity index (χ2n) is 5.57. The fourth-order valence-corrected chi connectivity index (χ4v) is 2.43. The Morgan fingerprint density at radius 2 is 1.88 bits per heavy atom. The van der Waals surface area contributed by atoms with Crippen molar-refractivity contribution in [2.24, 2.45) is 0 Å². The van der Waals surface area contributed by atoms with Crippen molar-refractivity contribution in [2.75, 3.05) is 12.4 Å². The average molecular weight is 361 g/mol. The van der Waals surface area contributed by atoms with E-state index in [1.54, 1.807) is 44.4 Å². The van der Waals surface area contributed by atoms with Crippen LogP contribution in [0.3, 0.4) is 0 Å². The van der Waals surface area contributed by atoms with Gasteiger partial charge in [-0.05, 0) is 49.2 Å². The van der Waals surface area contributed by atoms with Crippen LogP contribution in [0.1, 0.15) is 20.3 Å². The number of alkyl halides is 2. The first-order valence-electron chi connectivity index (χ1n) is 8.16. The van der Waals surface area contributed by atoms with Gasteiger partial charge in [0.05, 0.1) is 7.11 Å². The zero-order chi connectivity index (χ0) is 19.1. The Morgan fingerprint density at radius 1 is 1.19 bits per heavy atom. The highest BCUT2D eigenvalue weighted by molar-refractivity contribution is 6.03. The lowest BCUT2D eigenvalue weighted by atomic mass is 10.0. The monoisotopic (exact) mass is 361 g/mol. The lowest BCUT2D eigenvalue weighted by Gasteiger charge is -2.14. The van der Waals surface area contributed by atoms with Crippen LogP contribution in [0.5, 0.6) is 11.5 Å². The topological polar surface area (TPSA) is 47.6 Å². The van der Waals surface area contributed by atoms with Gasteiger partial charge in [-0.2, -0.15) is 8.78 Å². The lowest BCUT2D eigenvalue weighted by Crippen LogP contribution is -2.13. The molecule has 0 spiro atoms. The highest BCUT2D eigenvalue weighted by Gasteiger charge is 2.14. The first-order valence-corrected chi connectivity index (χ1v) is 8.16. The minimum Gasteiger partial charge on any atom is -0.497 e. The molecule has 0 heterocycles. The summed E-state index contributed by atoms with van der Waals surface area (Å²) in [6.07, 6.45) is 2.56. The number of allylic oxidation sites excluding steroid dienone is 1. The molecule has 0 radical (unpaired) electrons. The summed E-state index contributed by atoms with van der Waals surface area (Å²) >= 11 is 0. The van der Waals surface area contributed by atoms with Gasteiger partial charge in [0.1, 0.15) is 11.5 Å². The van der Waals surface area contributed by atoms with Gasteiger partial charge in [-0.1, -0.05) is 25.1 Å². The maximum Gasteiger partial charge on any atom is 0.387 e. The van der Waals surface area contributed by atoms with E-state index in [0.717, 1.165) is 6.42 Å². The number of nitrogens with one attached hydrogen (secondary N) is 1. The van der Waals surface area contributed by atoms with Gasteiger partial charge in [0.15, 0.2) is 0 Å². The Bertz CT molecular complexity index is 786. The fraction of sp³-hybridized carbons (Fsp3) is 0.250. The van der Waals surface area contributed by atoms with Gasteiger partial charge in [0.2, 0.25) is 0 Å². The summed E-state index contributed by atoms with van der Waals surface area (Å²) in [5.41, 5.74) is 2.19. The lowest BCUT2D eigenvalue weighted by molar-refractivity contribution is -0.112. The summed E-state index contributed by atoms with van der Waals surface area (Å²) in [6, 6.07) is 11.5. The first-order chi connectivity index (χ1) is 12.4. The predicted octanol–water partition coefficient (Wildman–Crippen LogP) is 5.26. The van der Waals surface area contributed by atoms with Crippen LogP contribution in [0.25, 0.3) is 11.1 Å². The molecule has 26 heavy (non-hydrogen) atoms. The van der Waals surface area contributed by atoms with Crippen LogP contribution in [-0.4, -0.2) is 19.6 Å². The van der Waals surface area contributed by atoms with Gasteiger partial charge >= 0.3 is 6.61 Å². The molecule has 0 saturated heterocycles. The number of methoxy groups -OCH3 is 1. The maximum absolute atomic E-state index is 12.7. The number of benzene rings is 2. The van der Waals surface area contributed by atoms with Gasteiger partial charge in [0.25, 0.3) is 5.91 Å².